The van der Waals surface area contributed by atoms with Gasteiger partial charge in [0.1, 0.15) is 18.1 Å². The summed E-state index contributed by atoms with van der Waals surface area (Å²) in [5.41, 5.74) is 0.990. The van der Waals surface area contributed by atoms with Crippen LogP contribution in [-0.4, -0.2) is 24.5 Å². The van der Waals surface area contributed by atoms with E-state index in [0.29, 0.717) is 18.2 Å². The largest absolute Gasteiger partial charge is 0.490 e. The van der Waals surface area contributed by atoms with Crippen molar-refractivity contribution in [3.8, 4) is 5.75 Å². The van der Waals surface area contributed by atoms with Crippen LogP contribution in [0.4, 0.5) is 0 Å². The van der Waals surface area contributed by atoms with E-state index in [4.69, 9.17) is 4.74 Å². The van der Waals surface area contributed by atoms with Gasteiger partial charge < -0.3 is 14.8 Å². The van der Waals surface area contributed by atoms with Crippen LogP contribution < -0.4 is 10.1 Å². The topological polar surface area (TPSA) is 38.3 Å². The molecule has 0 radical (unpaired) electrons. The van der Waals surface area contributed by atoms with E-state index in [1.807, 2.05) is 26.0 Å². The standard InChI is InChI=1S/C19H29NO2/c1-14(2)20-16-11-18(12-16)22-17-7-5-6-15(10-17)8-9-19(3,4)13-21/h5-7,10,13-14,16,18,20H,8-9,11-12H2,1-4H3/t16-,18-. The molecule has 1 aliphatic carbocycles. The molecule has 22 heavy (non-hydrogen) atoms. The van der Waals surface area contributed by atoms with Gasteiger partial charge in [0, 0.05) is 17.5 Å². The van der Waals surface area contributed by atoms with Crippen molar-refractivity contribution in [1.82, 2.24) is 5.32 Å². The quantitative estimate of drug-likeness (QED) is 0.743. The van der Waals surface area contributed by atoms with Crippen molar-refractivity contribution in [2.45, 2.75) is 71.6 Å². The average Bonchev–Trinajstić information content (AvgIpc) is 2.43. The second-order valence-electron chi connectivity index (χ2n) is 7.48. The summed E-state index contributed by atoms with van der Waals surface area (Å²) < 4.78 is 6.05. The number of aryl methyl sites for hydroxylation is 1. The second kappa shape index (κ2) is 7.28. The summed E-state index contributed by atoms with van der Waals surface area (Å²) in [5.74, 6) is 0.953. The van der Waals surface area contributed by atoms with Gasteiger partial charge >= 0.3 is 0 Å². The van der Waals surface area contributed by atoms with Crippen molar-refractivity contribution in [3.05, 3.63) is 29.8 Å². The highest BCUT2D eigenvalue weighted by Crippen LogP contribution is 2.28. The highest BCUT2D eigenvalue weighted by Gasteiger charge is 2.30. The number of nitrogens with one attached hydrogen (secondary N) is 1. The Labute approximate surface area is 134 Å². The third kappa shape index (κ3) is 5.13. The van der Waals surface area contributed by atoms with Crippen LogP contribution in [0.1, 0.15) is 52.5 Å². The van der Waals surface area contributed by atoms with Crippen molar-refractivity contribution in [3.63, 3.8) is 0 Å². The lowest BCUT2D eigenvalue weighted by Crippen LogP contribution is -2.49. The lowest BCUT2D eigenvalue weighted by Gasteiger charge is -2.37. The van der Waals surface area contributed by atoms with Gasteiger partial charge in [-0.1, -0.05) is 39.8 Å². The molecule has 0 amide bonds. The van der Waals surface area contributed by atoms with E-state index in [0.717, 1.165) is 37.7 Å². The molecule has 1 aliphatic rings. The van der Waals surface area contributed by atoms with E-state index in [2.05, 4.69) is 31.3 Å². The van der Waals surface area contributed by atoms with Crippen LogP contribution in [0.5, 0.6) is 5.75 Å². The van der Waals surface area contributed by atoms with Crippen molar-refractivity contribution >= 4 is 6.29 Å². The Balaban J connectivity index is 1.81. The van der Waals surface area contributed by atoms with Gasteiger partial charge in [0.2, 0.25) is 0 Å². The van der Waals surface area contributed by atoms with Gasteiger partial charge in [-0.3, -0.25) is 0 Å². The lowest BCUT2D eigenvalue weighted by atomic mass is 9.88. The smallest absolute Gasteiger partial charge is 0.125 e. The molecule has 1 aromatic carbocycles. The number of hydrogen-bond acceptors (Lipinski definition) is 3. The minimum Gasteiger partial charge on any atom is -0.490 e. The molecule has 0 bridgehead atoms. The molecule has 2 rings (SSSR count). The second-order valence-corrected chi connectivity index (χ2v) is 7.48. The highest BCUT2D eigenvalue weighted by molar-refractivity contribution is 5.57. The predicted octanol–water partition coefficient (Wildman–Crippen LogP) is 3.75. The van der Waals surface area contributed by atoms with Crippen LogP contribution in [0.2, 0.25) is 0 Å². The monoisotopic (exact) mass is 303 g/mol. The number of aldehydes is 1. The molecule has 122 valence electrons. The lowest BCUT2D eigenvalue weighted by molar-refractivity contribution is -0.114. The molecule has 0 aromatic heterocycles. The summed E-state index contributed by atoms with van der Waals surface area (Å²) in [6.45, 7) is 8.32. The van der Waals surface area contributed by atoms with Gasteiger partial charge in [-0.2, -0.15) is 0 Å². The van der Waals surface area contributed by atoms with E-state index in [1.54, 1.807) is 0 Å². The number of ether oxygens (including phenoxy) is 1. The average molecular weight is 303 g/mol. The molecule has 0 atom stereocenters. The van der Waals surface area contributed by atoms with Gasteiger partial charge in [-0.05, 0) is 43.4 Å². The fourth-order valence-corrected chi connectivity index (χ4v) is 2.76. The number of carbonyl (C=O) groups is 1. The van der Waals surface area contributed by atoms with Gasteiger partial charge in [0.15, 0.2) is 0 Å². The number of benzene rings is 1. The summed E-state index contributed by atoms with van der Waals surface area (Å²) in [7, 11) is 0. The van der Waals surface area contributed by atoms with Crippen LogP contribution >= 0.6 is 0 Å². The van der Waals surface area contributed by atoms with E-state index < -0.39 is 0 Å². The van der Waals surface area contributed by atoms with E-state index >= 15 is 0 Å². The third-order valence-corrected chi connectivity index (χ3v) is 4.24. The Morgan fingerprint density at radius 1 is 1.36 bits per heavy atom. The molecule has 1 aromatic rings. The molecule has 1 fully saturated rings. The maximum Gasteiger partial charge on any atom is 0.125 e. The zero-order valence-electron chi connectivity index (χ0n) is 14.3. The normalized spacial score (nSPS) is 21.5. The summed E-state index contributed by atoms with van der Waals surface area (Å²) >= 11 is 0. The minimum absolute atomic E-state index is 0.249. The fraction of sp³-hybridized carbons (Fsp3) is 0.632. The Hall–Kier alpha value is -1.35. The Morgan fingerprint density at radius 2 is 2.09 bits per heavy atom. The molecule has 3 heteroatoms. The van der Waals surface area contributed by atoms with Crippen LogP contribution in [0.3, 0.4) is 0 Å². The van der Waals surface area contributed by atoms with Gasteiger partial charge in [-0.25, -0.2) is 0 Å². The predicted molar refractivity (Wildman–Crippen MR) is 90.3 cm³/mol. The Bertz CT molecular complexity index is 490. The maximum absolute atomic E-state index is 11.0. The molecule has 1 saturated carbocycles. The van der Waals surface area contributed by atoms with Gasteiger partial charge in [0.05, 0.1) is 0 Å². The van der Waals surface area contributed by atoms with Crippen molar-refractivity contribution in [2.24, 2.45) is 5.41 Å². The first kappa shape index (κ1) is 17.0. The van der Waals surface area contributed by atoms with Crippen molar-refractivity contribution in [1.29, 1.82) is 0 Å². The molecular weight excluding hydrogens is 274 g/mol. The third-order valence-electron chi connectivity index (χ3n) is 4.24. The van der Waals surface area contributed by atoms with Crippen LogP contribution in [0.15, 0.2) is 24.3 Å². The SMILES string of the molecule is CC(C)N[C@H]1C[C@H](Oc2cccc(CCC(C)(C)C=O)c2)C1. The molecule has 0 saturated heterocycles. The first-order valence-corrected chi connectivity index (χ1v) is 8.36. The van der Waals surface area contributed by atoms with Gasteiger partial charge in [-0.15, -0.1) is 0 Å². The number of carbonyl (C=O) groups excluding carboxylic acids is 1. The summed E-state index contributed by atoms with van der Waals surface area (Å²) in [6, 6.07) is 9.43. The van der Waals surface area contributed by atoms with E-state index in [1.165, 1.54) is 5.56 Å². The summed E-state index contributed by atoms with van der Waals surface area (Å²) in [6.07, 6.45) is 5.32. The maximum atomic E-state index is 11.0. The Morgan fingerprint density at radius 3 is 2.73 bits per heavy atom. The van der Waals surface area contributed by atoms with Crippen molar-refractivity contribution < 1.29 is 9.53 Å². The first-order chi connectivity index (χ1) is 10.4. The van der Waals surface area contributed by atoms with E-state index in [-0.39, 0.29) is 5.41 Å². The number of hydrogen-bond donors (Lipinski definition) is 1. The zero-order chi connectivity index (χ0) is 16.2. The summed E-state index contributed by atoms with van der Waals surface area (Å²) in [4.78, 5) is 11.0. The van der Waals surface area contributed by atoms with E-state index in [9.17, 15) is 4.79 Å². The van der Waals surface area contributed by atoms with Crippen LogP contribution in [0, 0.1) is 5.41 Å². The summed E-state index contributed by atoms with van der Waals surface area (Å²) in [5, 5.41) is 3.54. The Kier molecular flexibility index (Phi) is 5.63. The molecule has 0 aliphatic heterocycles. The molecular formula is C19H29NO2. The molecule has 0 spiro atoms. The molecule has 1 N–H and O–H groups in total. The minimum atomic E-state index is -0.249. The highest BCUT2D eigenvalue weighted by atomic mass is 16.5. The van der Waals surface area contributed by atoms with Crippen LogP contribution in [0.25, 0.3) is 0 Å². The van der Waals surface area contributed by atoms with Gasteiger partial charge in [0.25, 0.3) is 0 Å². The zero-order valence-corrected chi connectivity index (χ0v) is 14.3. The molecule has 0 heterocycles. The van der Waals surface area contributed by atoms with Crippen LogP contribution in [-0.2, 0) is 11.2 Å². The first-order valence-electron chi connectivity index (χ1n) is 8.36. The molecule has 3 nitrogen and oxygen atoms in total. The van der Waals surface area contributed by atoms with Crippen molar-refractivity contribution in [2.75, 3.05) is 0 Å². The number of rotatable bonds is 8. The molecule has 0 unspecified atom stereocenters. The fourth-order valence-electron chi connectivity index (χ4n) is 2.76.